The molecular weight excluding hydrogens is 295 g/mol. The fourth-order valence-electron chi connectivity index (χ4n) is 0.744. The second kappa shape index (κ2) is 4.78. The number of aryl methyl sites for hydroxylation is 2. The zero-order valence-electron chi connectivity index (χ0n) is 8.06. The number of alkyl halides is 4. The van der Waals surface area contributed by atoms with Crippen molar-refractivity contribution in [2.75, 3.05) is 5.75 Å². The standard InChI is InChI=1S/C8H9BrF3NOS/c1-4-5(2)14-7(13-4)15-3-6(9)8(10,11)12/h6H,3H2,1-2H3. The number of rotatable bonds is 3. The van der Waals surface area contributed by atoms with Gasteiger partial charge in [0.05, 0.1) is 5.69 Å². The van der Waals surface area contributed by atoms with Crippen molar-refractivity contribution in [2.24, 2.45) is 0 Å². The molecule has 0 amide bonds. The van der Waals surface area contributed by atoms with Crippen molar-refractivity contribution in [3.8, 4) is 0 Å². The van der Waals surface area contributed by atoms with Gasteiger partial charge in [-0.3, -0.25) is 0 Å². The Morgan fingerprint density at radius 3 is 2.47 bits per heavy atom. The van der Waals surface area contributed by atoms with E-state index in [4.69, 9.17) is 4.42 Å². The zero-order valence-corrected chi connectivity index (χ0v) is 10.5. The first kappa shape index (κ1) is 12.9. The lowest BCUT2D eigenvalue weighted by Gasteiger charge is -2.11. The summed E-state index contributed by atoms with van der Waals surface area (Å²) in [6.07, 6.45) is -4.23. The van der Waals surface area contributed by atoms with Gasteiger partial charge in [0.15, 0.2) is 0 Å². The van der Waals surface area contributed by atoms with Crippen molar-refractivity contribution in [3.05, 3.63) is 11.5 Å². The van der Waals surface area contributed by atoms with E-state index in [-0.39, 0.29) is 11.0 Å². The summed E-state index contributed by atoms with van der Waals surface area (Å²) in [6, 6.07) is 0. The molecule has 0 radical (unpaired) electrons. The predicted molar refractivity (Wildman–Crippen MR) is 55.5 cm³/mol. The Labute approximate surface area is 97.8 Å². The van der Waals surface area contributed by atoms with Gasteiger partial charge in [-0.2, -0.15) is 13.2 Å². The number of aromatic nitrogens is 1. The lowest BCUT2D eigenvalue weighted by molar-refractivity contribution is -0.122. The molecule has 1 aromatic heterocycles. The van der Waals surface area contributed by atoms with Gasteiger partial charge in [-0.05, 0) is 13.8 Å². The third kappa shape index (κ3) is 3.71. The Balaban J connectivity index is 2.51. The largest absolute Gasteiger partial charge is 0.437 e. The summed E-state index contributed by atoms with van der Waals surface area (Å²) in [7, 11) is 0. The van der Waals surface area contributed by atoms with Crippen LogP contribution in [0.5, 0.6) is 0 Å². The first-order chi connectivity index (χ1) is 6.80. The number of nitrogens with zero attached hydrogens (tertiary/aromatic N) is 1. The van der Waals surface area contributed by atoms with Gasteiger partial charge in [0.25, 0.3) is 5.22 Å². The van der Waals surface area contributed by atoms with Crippen molar-refractivity contribution in [2.45, 2.75) is 30.1 Å². The number of halogens is 4. The lowest BCUT2D eigenvalue weighted by Crippen LogP contribution is -2.24. The molecule has 1 aromatic rings. The molecule has 7 heteroatoms. The Kier molecular flexibility index (Phi) is 4.11. The van der Waals surface area contributed by atoms with Crippen LogP contribution in [0.1, 0.15) is 11.5 Å². The lowest BCUT2D eigenvalue weighted by atomic mass is 10.4. The minimum atomic E-state index is -4.23. The molecule has 0 aromatic carbocycles. The maximum absolute atomic E-state index is 12.1. The van der Waals surface area contributed by atoms with E-state index in [1.807, 2.05) is 0 Å². The second-order valence-corrected chi connectivity index (χ2v) is 5.02. The summed E-state index contributed by atoms with van der Waals surface area (Å²) in [6.45, 7) is 3.47. The van der Waals surface area contributed by atoms with Crippen LogP contribution in [0.4, 0.5) is 13.2 Å². The second-order valence-electron chi connectivity index (χ2n) is 2.94. The number of oxazole rings is 1. The summed E-state index contributed by atoms with van der Waals surface area (Å²) in [5.41, 5.74) is 0.704. The summed E-state index contributed by atoms with van der Waals surface area (Å²) in [5.74, 6) is 0.485. The molecule has 2 nitrogen and oxygen atoms in total. The molecule has 0 fully saturated rings. The monoisotopic (exact) mass is 303 g/mol. The normalized spacial score (nSPS) is 14.3. The first-order valence-electron chi connectivity index (χ1n) is 4.08. The van der Waals surface area contributed by atoms with E-state index in [9.17, 15) is 13.2 Å². The van der Waals surface area contributed by atoms with Crippen molar-refractivity contribution in [3.63, 3.8) is 0 Å². The number of thioether (sulfide) groups is 1. The van der Waals surface area contributed by atoms with Crippen LogP contribution in [-0.4, -0.2) is 21.7 Å². The Bertz CT molecular complexity index is 320. The molecule has 0 saturated heterocycles. The van der Waals surface area contributed by atoms with E-state index in [0.29, 0.717) is 11.5 Å². The summed E-state index contributed by atoms with van der Waals surface area (Å²) in [5, 5.41) is 0.277. The van der Waals surface area contributed by atoms with Crippen molar-refractivity contribution < 1.29 is 17.6 Å². The van der Waals surface area contributed by atoms with E-state index in [1.54, 1.807) is 13.8 Å². The Morgan fingerprint density at radius 1 is 1.47 bits per heavy atom. The number of hydrogen-bond acceptors (Lipinski definition) is 3. The molecule has 1 heterocycles. The molecule has 0 aliphatic rings. The summed E-state index contributed by atoms with van der Waals surface area (Å²) < 4.78 is 41.5. The first-order valence-corrected chi connectivity index (χ1v) is 5.98. The third-order valence-electron chi connectivity index (χ3n) is 1.72. The van der Waals surface area contributed by atoms with Gasteiger partial charge in [-0.25, -0.2) is 4.98 Å². The fourth-order valence-corrected chi connectivity index (χ4v) is 2.00. The van der Waals surface area contributed by atoms with Crippen LogP contribution in [-0.2, 0) is 0 Å². The van der Waals surface area contributed by atoms with Crippen LogP contribution in [0.15, 0.2) is 9.64 Å². The zero-order chi connectivity index (χ0) is 11.6. The molecule has 0 aliphatic heterocycles. The van der Waals surface area contributed by atoms with E-state index in [0.717, 1.165) is 11.8 Å². The highest BCUT2D eigenvalue weighted by molar-refractivity contribution is 9.09. The van der Waals surface area contributed by atoms with Crippen LogP contribution < -0.4 is 0 Å². The van der Waals surface area contributed by atoms with Gasteiger partial charge in [0.1, 0.15) is 10.6 Å². The maximum Gasteiger partial charge on any atom is 0.402 e. The van der Waals surface area contributed by atoms with Gasteiger partial charge >= 0.3 is 6.18 Å². The van der Waals surface area contributed by atoms with Gasteiger partial charge in [0.2, 0.25) is 0 Å². The van der Waals surface area contributed by atoms with Gasteiger partial charge < -0.3 is 4.42 Å². The van der Waals surface area contributed by atoms with Crippen molar-refractivity contribution >= 4 is 27.7 Å². The van der Waals surface area contributed by atoms with Crippen LogP contribution in [0, 0.1) is 13.8 Å². The van der Waals surface area contributed by atoms with E-state index in [1.165, 1.54) is 0 Å². The van der Waals surface area contributed by atoms with Gasteiger partial charge in [0, 0.05) is 5.75 Å². The maximum atomic E-state index is 12.1. The summed E-state index contributed by atoms with van der Waals surface area (Å²) in [4.78, 5) is 2.43. The molecular formula is C8H9BrF3NOS. The summed E-state index contributed by atoms with van der Waals surface area (Å²) >= 11 is 3.51. The molecule has 0 N–H and O–H groups in total. The highest BCUT2D eigenvalue weighted by Crippen LogP contribution is 2.31. The predicted octanol–water partition coefficient (Wildman–Crippen LogP) is 3.71. The molecule has 1 unspecified atom stereocenters. The molecule has 0 saturated carbocycles. The highest BCUT2D eigenvalue weighted by atomic mass is 79.9. The number of hydrogen-bond donors (Lipinski definition) is 0. The molecule has 1 rings (SSSR count). The minimum Gasteiger partial charge on any atom is -0.437 e. The Morgan fingerprint density at radius 2 is 2.07 bits per heavy atom. The average Bonchev–Trinajstić information content (AvgIpc) is 2.41. The smallest absolute Gasteiger partial charge is 0.402 e. The molecule has 86 valence electrons. The molecule has 1 atom stereocenters. The van der Waals surface area contributed by atoms with E-state index < -0.39 is 11.0 Å². The van der Waals surface area contributed by atoms with Crippen molar-refractivity contribution in [1.82, 2.24) is 4.98 Å². The van der Waals surface area contributed by atoms with Crippen LogP contribution in [0.2, 0.25) is 0 Å². The molecule has 0 aliphatic carbocycles. The molecule has 0 bridgehead atoms. The Hall–Kier alpha value is -0.170. The molecule has 0 spiro atoms. The van der Waals surface area contributed by atoms with Crippen LogP contribution in [0.25, 0.3) is 0 Å². The SMILES string of the molecule is Cc1nc(SCC(Br)C(F)(F)F)oc1C. The van der Waals surface area contributed by atoms with Crippen LogP contribution in [0.3, 0.4) is 0 Å². The van der Waals surface area contributed by atoms with Gasteiger partial charge in [-0.1, -0.05) is 27.7 Å². The topological polar surface area (TPSA) is 26.0 Å². The highest BCUT2D eigenvalue weighted by Gasteiger charge is 2.37. The van der Waals surface area contributed by atoms with Gasteiger partial charge in [-0.15, -0.1) is 0 Å². The third-order valence-corrected chi connectivity index (χ3v) is 3.91. The van der Waals surface area contributed by atoms with Crippen LogP contribution >= 0.6 is 27.7 Å². The fraction of sp³-hybridized carbons (Fsp3) is 0.625. The van der Waals surface area contributed by atoms with E-state index >= 15 is 0 Å². The minimum absolute atomic E-state index is 0.150. The average molecular weight is 304 g/mol. The molecule has 15 heavy (non-hydrogen) atoms. The van der Waals surface area contributed by atoms with Crippen molar-refractivity contribution in [1.29, 1.82) is 0 Å². The van der Waals surface area contributed by atoms with E-state index in [2.05, 4.69) is 20.9 Å². The quantitative estimate of drug-likeness (QED) is 0.629.